The highest BCUT2D eigenvalue weighted by molar-refractivity contribution is 5.61. The van der Waals surface area contributed by atoms with E-state index in [9.17, 15) is 10.1 Å². The quantitative estimate of drug-likeness (QED) is 0.653. The number of nitro benzene ring substituents is 1. The first-order valence-corrected chi connectivity index (χ1v) is 6.60. The van der Waals surface area contributed by atoms with E-state index in [0.717, 1.165) is 5.56 Å². The van der Waals surface area contributed by atoms with E-state index in [1.165, 1.54) is 19.2 Å². The Morgan fingerprint density at radius 3 is 2.81 bits per heavy atom. The number of aromatic nitrogens is 2. The van der Waals surface area contributed by atoms with E-state index in [2.05, 4.69) is 10.4 Å². The topological polar surface area (TPSA) is 82.2 Å². The predicted molar refractivity (Wildman–Crippen MR) is 79.6 cm³/mol. The number of hydrogen-bond acceptors (Lipinski definition) is 5. The van der Waals surface area contributed by atoms with Crippen molar-refractivity contribution < 1.29 is 9.66 Å². The van der Waals surface area contributed by atoms with Crippen molar-refractivity contribution in [3.05, 3.63) is 46.3 Å². The number of ether oxygens (including phenoxy) is 1. The van der Waals surface area contributed by atoms with Crippen molar-refractivity contribution in [2.24, 2.45) is 0 Å². The van der Waals surface area contributed by atoms with Gasteiger partial charge in [0.1, 0.15) is 5.75 Å². The first kappa shape index (κ1) is 14.8. The second-order valence-corrected chi connectivity index (χ2v) is 4.92. The minimum Gasteiger partial charge on any atom is -0.495 e. The van der Waals surface area contributed by atoms with Crippen molar-refractivity contribution in [3.63, 3.8) is 0 Å². The van der Waals surface area contributed by atoms with Gasteiger partial charge in [-0.05, 0) is 19.9 Å². The average molecular weight is 290 g/mol. The zero-order valence-electron chi connectivity index (χ0n) is 12.2. The third-order valence-electron chi connectivity index (χ3n) is 3.06. The molecule has 0 unspecified atom stereocenters. The largest absolute Gasteiger partial charge is 0.495 e. The number of non-ortho nitro benzene ring substituents is 1. The van der Waals surface area contributed by atoms with Crippen LogP contribution >= 0.6 is 0 Å². The van der Waals surface area contributed by atoms with Gasteiger partial charge in [0.2, 0.25) is 0 Å². The SMILES string of the molecule is COc1ccc([N+](=O)[O-])cc1NCc1cnn(C(C)C)c1. The van der Waals surface area contributed by atoms with E-state index in [0.29, 0.717) is 24.0 Å². The van der Waals surface area contributed by atoms with Gasteiger partial charge in [-0.1, -0.05) is 0 Å². The van der Waals surface area contributed by atoms with Crippen LogP contribution in [0, 0.1) is 10.1 Å². The molecule has 1 heterocycles. The zero-order valence-corrected chi connectivity index (χ0v) is 12.2. The minimum absolute atomic E-state index is 0.0242. The summed E-state index contributed by atoms with van der Waals surface area (Å²) >= 11 is 0. The van der Waals surface area contributed by atoms with Crippen molar-refractivity contribution in [3.8, 4) is 5.75 Å². The maximum Gasteiger partial charge on any atom is 0.271 e. The van der Waals surface area contributed by atoms with Gasteiger partial charge in [-0.2, -0.15) is 5.10 Å². The Bertz CT molecular complexity index is 637. The van der Waals surface area contributed by atoms with Crippen molar-refractivity contribution >= 4 is 11.4 Å². The van der Waals surface area contributed by atoms with Crippen LogP contribution in [0.5, 0.6) is 5.75 Å². The lowest BCUT2D eigenvalue weighted by molar-refractivity contribution is -0.384. The molecular weight excluding hydrogens is 272 g/mol. The second kappa shape index (κ2) is 6.25. The van der Waals surface area contributed by atoms with Crippen molar-refractivity contribution in [2.75, 3.05) is 12.4 Å². The van der Waals surface area contributed by atoms with Gasteiger partial charge in [-0.15, -0.1) is 0 Å². The summed E-state index contributed by atoms with van der Waals surface area (Å²) in [7, 11) is 1.53. The summed E-state index contributed by atoms with van der Waals surface area (Å²) in [5.74, 6) is 0.567. The fourth-order valence-corrected chi connectivity index (χ4v) is 1.90. The predicted octanol–water partition coefficient (Wildman–Crippen LogP) is 2.99. The van der Waals surface area contributed by atoms with Crippen LogP contribution in [0.15, 0.2) is 30.6 Å². The van der Waals surface area contributed by atoms with Crippen molar-refractivity contribution in [2.45, 2.75) is 26.4 Å². The number of nitrogens with zero attached hydrogens (tertiary/aromatic N) is 3. The summed E-state index contributed by atoms with van der Waals surface area (Å²) in [6.07, 6.45) is 3.72. The van der Waals surface area contributed by atoms with E-state index in [1.54, 1.807) is 12.3 Å². The highest BCUT2D eigenvalue weighted by Gasteiger charge is 2.11. The molecule has 0 spiro atoms. The van der Waals surface area contributed by atoms with Crippen LogP contribution in [-0.4, -0.2) is 21.8 Å². The number of benzene rings is 1. The zero-order chi connectivity index (χ0) is 15.4. The fraction of sp³-hybridized carbons (Fsp3) is 0.357. The molecule has 0 saturated carbocycles. The molecule has 112 valence electrons. The Balaban J connectivity index is 2.14. The van der Waals surface area contributed by atoms with Crippen molar-refractivity contribution in [1.29, 1.82) is 0 Å². The Morgan fingerprint density at radius 1 is 1.48 bits per heavy atom. The lowest BCUT2D eigenvalue weighted by atomic mass is 10.2. The standard InChI is InChI=1S/C14H18N4O3/c1-10(2)17-9-11(8-16-17)7-15-13-6-12(18(19)20)4-5-14(13)21-3/h4-6,8-10,15H,7H2,1-3H3. The van der Waals surface area contributed by atoms with Crippen LogP contribution in [0.1, 0.15) is 25.5 Å². The lowest BCUT2D eigenvalue weighted by Crippen LogP contribution is -2.02. The van der Waals surface area contributed by atoms with Crippen LogP contribution in [0.2, 0.25) is 0 Å². The smallest absolute Gasteiger partial charge is 0.271 e. The maximum absolute atomic E-state index is 10.8. The van der Waals surface area contributed by atoms with Gasteiger partial charge < -0.3 is 10.1 Å². The van der Waals surface area contributed by atoms with Gasteiger partial charge in [-0.25, -0.2) is 0 Å². The Hall–Kier alpha value is -2.57. The molecule has 0 aliphatic rings. The molecule has 21 heavy (non-hydrogen) atoms. The summed E-state index contributed by atoms with van der Waals surface area (Å²) in [4.78, 5) is 10.4. The summed E-state index contributed by atoms with van der Waals surface area (Å²) < 4.78 is 7.07. The number of nitro groups is 1. The van der Waals surface area contributed by atoms with Crippen LogP contribution < -0.4 is 10.1 Å². The van der Waals surface area contributed by atoms with Gasteiger partial charge in [0.15, 0.2) is 0 Å². The number of anilines is 1. The second-order valence-electron chi connectivity index (χ2n) is 4.92. The van der Waals surface area contributed by atoms with Gasteiger partial charge in [0.25, 0.3) is 5.69 Å². The molecule has 7 heteroatoms. The van der Waals surface area contributed by atoms with Gasteiger partial charge in [-0.3, -0.25) is 14.8 Å². The highest BCUT2D eigenvalue weighted by Crippen LogP contribution is 2.29. The molecule has 1 aromatic carbocycles. The summed E-state index contributed by atoms with van der Waals surface area (Å²) in [6, 6.07) is 4.76. The molecule has 2 aromatic rings. The Labute approximate surface area is 122 Å². The molecule has 0 amide bonds. The monoisotopic (exact) mass is 290 g/mol. The molecule has 1 N–H and O–H groups in total. The number of rotatable bonds is 6. The van der Waals surface area contributed by atoms with Gasteiger partial charge in [0.05, 0.1) is 23.9 Å². The first-order chi connectivity index (χ1) is 10.0. The van der Waals surface area contributed by atoms with E-state index in [1.807, 2.05) is 24.7 Å². The van der Waals surface area contributed by atoms with Crippen LogP contribution in [-0.2, 0) is 6.54 Å². The van der Waals surface area contributed by atoms with E-state index < -0.39 is 4.92 Å². The molecule has 0 aliphatic carbocycles. The molecule has 0 atom stereocenters. The lowest BCUT2D eigenvalue weighted by Gasteiger charge is -2.10. The molecule has 0 saturated heterocycles. The molecule has 7 nitrogen and oxygen atoms in total. The minimum atomic E-state index is -0.429. The van der Waals surface area contributed by atoms with Gasteiger partial charge in [0, 0.05) is 36.5 Å². The van der Waals surface area contributed by atoms with Crippen LogP contribution in [0.25, 0.3) is 0 Å². The summed E-state index contributed by atoms with van der Waals surface area (Å²) in [5, 5.41) is 18.2. The number of nitrogens with one attached hydrogen (secondary N) is 1. The fourth-order valence-electron chi connectivity index (χ4n) is 1.90. The third kappa shape index (κ3) is 3.50. The molecule has 0 bridgehead atoms. The van der Waals surface area contributed by atoms with E-state index >= 15 is 0 Å². The maximum atomic E-state index is 10.8. The molecule has 0 fully saturated rings. The third-order valence-corrected chi connectivity index (χ3v) is 3.06. The average Bonchev–Trinajstić information content (AvgIpc) is 2.93. The van der Waals surface area contributed by atoms with E-state index in [4.69, 9.17) is 4.74 Å². The van der Waals surface area contributed by atoms with Crippen molar-refractivity contribution in [1.82, 2.24) is 9.78 Å². The summed E-state index contributed by atoms with van der Waals surface area (Å²) in [6.45, 7) is 4.62. The molecular formula is C14H18N4O3. The number of hydrogen-bond donors (Lipinski definition) is 1. The molecule has 2 rings (SSSR count). The van der Waals surface area contributed by atoms with E-state index in [-0.39, 0.29) is 5.69 Å². The number of methoxy groups -OCH3 is 1. The first-order valence-electron chi connectivity index (χ1n) is 6.60. The van der Waals surface area contributed by atoms with Crippen LogP contribution in [0.3, 0.4) is 0 Å². The van der Waals surface area contributed by atoms with Crippen LogP contribution in [0.4, 0.5) is 11.4 Å². The molecule has 1 aromatic heterocycles. The van der Waals surface area contributed by atoms with Gasteiger partial charge >= 0.3 is 0 Å². The highest BCUT2D eigenvalue weighted by atomic mass is 16.6. The normalized spacial score (nSPS) is 10.7. The molecule has 0 aliphatic heterocycles. The molecule has 0 radical (unpaired) electrons. The Kier molecular flexibility index (Phi) is 4.42. The summed E-state index contributed by atoms with van der Waals surface area (Å²) in [5.41, 5.74) is 1.61. The Morgan fingerprint density at radius 2 is 2.24 bits per heavy atom.